The molecule has 1 aliphatic rings. The van der Waals surface area contributed by atoms with Gasteiger partial charge in [0.25, 0.3) is 0 Å². The molecule has 31 heavy (non-hydrogen) atoms. The first-order chi connectivity index (χ1) is 14.8. The third-order valence-corrected chi connectivity index (χ3v) is 7.78. The molecule has 9 heteroatoms. The average molecular weight is 465 g/mol. The normalized spacial score (nSPS) is 15.5. The van der Waals surface area contributed by atoms with Crippen molar-refractivity contribution in [3.8, 4) is 11.5 Å². The van der Waals surface area contributed by atoms with Crippen molar-refractivity contribution in [3.05, 3.63) is 47.4 Å². The van der Waals surface area contributed by atoms with E-state index in [4.69, 9.17) is 9.47 Å². The van der Waals surface area contributed by atoms with Gasteiger partial charge in [0.15, 0.2) is 11.5 Å². The molecule has 7 nitrogen and oxygen atoms in total. The first kappa shape index (κ1) is 23.3. The molecule has 1 aromatic carbocycles. The summed E-state index contributed by atoms with van der Waals surface area (Å²) in [7, 11) is -1.91. The van der Waals surface area contributed by atoms with Crippen LogP contribution in [0.5, 0.6) is 11.5 Å². The van der Waals surface area contributed by atoms with E-state index in [-0.39, 0.29) is 18.1 Å². The number of hydrogen-bond acceptors (Lipinski definition) is 6. The SMILES string of the molecule is COc1cc(/C=C/C(=O)N2CCC(NS(=O)(=O)c3cccs3)CC2)ccc1OC(C)C. The van der Waals surface area contributed by atoms with E-state index in [1.54, 1.807) is 35.6 Å². The molecule has 0 atom stereocenters. The molecule has 1 amide bonds. The van der Waals surface area contributed by atoms with Crippen molar-refractivity contribution >= 4 is 33.3 Å². The highest BCUT2D eigenvalue weighted by atomic mass is 32.2. The molecule has 0 spiro atoms. The van der Waals surface area contributed by atoms with Crippen LogP contribution in [0.1, 0.15) is 32.3 Å². The van der Waals surface area contributed by atoms with E-state index in [0.717, 1.165) is 5.56 Å². The fraction of sp³-hybridized carbons (Fsp3) is 0.409. The van der Waals surface area contributed by atoms with E-state index < -0.39 is 10.0 Å². The molecule has 0 radical (unpaired) electrons. The Bertz CT molecular complexity index is 1010. The van der Waals surface area contributed by atoms with Gasteiger partial charge in [-0.2, -0.15) is 0 Å². The van der Waals surface area contributed by atoms with E-state index in [1.807, 2.05) is 32.0 Å². The summed E-state index contributed by atoms with van der Waals surface area (Å²) in [4.78, 5) is 14.3. The number of benzene rings is 1. The van der Waals surface area contributed by atoms with Crippen molar-refractivity contribution in [3.63, 3.8) is 0 Å². The highest BCUT2D eigenvalue weighted by molar-refractivity contribution is 7.91. The number of carbonyl (C=O) groups is 1. The highest BCUT2D eigenvalue weighted by Crippen LogP contribution is 2.29. The first-order valence-electron chi connectivity index (χ1n) is 10.2. The Labute approximate surface area is 187 Å². The van der Waals surface area contributed by atoms with E-state index >= 15 is 0 Å². The number of piperidine rings is 1. The number of likely N-dealkylation sites (tertiary alicyclic amines) is 1. The van der Waals surface area contributed by atoms with Gasteiger partial charge in [-0.3, -0.25) is 4.79 Å². The Morgan fingerprint density at radius 1 is 1.23 bits per heavy atom. The largest absolute Gasteiger partial charge is 0.493 e. The zero-order valence-electron chi connectivity index (χ0n) is 17.9. The van der Waals surface area contributed by atoms with Gasteiger partial charge < -0.3 is 14.4 Å². The molecule has 0 saturated carbocycles. The van der Waals surface area contributed by atoms with E-state index in [0.29, 0.717) is 41.6 Å². The quantitative estimate of drug-likeness (QED) is 0.604. The fourth-order valence-corrected chi connectivity index (χ4v) is 5.64. The molecular formula is C22H28N2O5S2. The van der Waals surface area contributed by atoms with Crippen LogP contribution in [0, 0.1) is 0 Å². The molecule has 2 aromatic rings. The molecule has 1 N–H and O–H groups in total. The Morgan fingerprint density at radius 2 is 1.97 bits per heavy atom. The fourth-order valence-electron chi connectivity index (χ4n) is 3.32. The highest BCUT2D eigenvalue weighted by Gasteiger charge is 2.26. The van der Waals surface area contributed by atoms with Gasteiger partial charge in [-0.25, -0.2) is 13.1 Å². The lowest BCUT2D eigenvalue weighted by Crippen LogP contribution is -2.46. The summed E-state index contributed by atoms with van der Waals surface area (Å²) in [6.45, 7) is 4.90. The van der Waals surface area contributed by atoms with Crippen LogP contribution in [0.2, 0.25) is 0 Å². The maximum absolute atomic E-state index is 12.6. The maximum Gasteiger partial charge on any atom is 0.250 e. The van der Waals surface area contributed by atoms with Crippen molar-refractivity contribution in [2.75, 3.05) is 20.2 Å². The van der Waals surface area contributed by atoms with E-state index in [1.165, 1.54) is 17.4 Å². The van der Waals surface area contributed by atoms with Crippen LogP contribution in [0.3, 0.4) is 0 Å². The van der Waals surface area contributed by atoms with Crippen LogP contribution in [0.15, 0.2) is 46.0 Å². The number of rotatable bonds is 8. The number of carbonyl (C=O) groups excluding carboxylic acids is 1. The summed E-state index contributed by atoms with van der Waals surface area (Å²) in [5.74, 6) is 1.18. The van der Waals surface area contributed by atoms with Gasteiger partial charge in [0.2, 0.25) is 15.9 Å². The molecule has 2 heterocycles. The lowest BCUT2D eigenvalue weighted by atomic mass is 10.1. The number of thiophene rings is 1. The van der Waals surface area contributed by atoms with Crippen molar-refractivity contribution in [1.29, 1.82) is 0 Å². The van der Waals surface area contributed by atoms with Gasteiger partial charge in [0.05, 0.1) is 13.2 Å². The van der Waals surface area contributed by atoms with Crippen LogP contribution in [0.25, 0.3) is 6.08 Å². The third kappa shape index (κ3) is 6.32. The van der Waals surface area contributed by atoms with Crippen molar-refractivity contribution in [2.45, 2.75) is 43.0 Å². The molecule has 0 aliphatic carbocycles. The number of nitrogens with zero attached hydrogens (tertiary/aromatic N) is 1. The smallest absolute Gasteiger partial charge is 0.250 e. The first-order valence-corrected chi connectivity index (χ1v) is 12.5. The predicted molar refractivity (Wildman–Crippen MR) is 122 cm³/mol. The second-order valence-corrected chi connectivity index (χ2v) is 10.5. The van der Waals surface area contributed by atoms with E-state index in [2.05, 4.69) is 4.72 Å². The van der Waals surface area contributed by atoms with Crippen LogP contribution in [-0.2, 0) is 14.8 Å². The number of nitrogens with one attached hydrogen (secondary N) is 1. The lowest BCUT2D eigenvalue weighted by molar-refractivity contribution is -0.126. The average Bonchev–Trinajstić information content (AvgIpc) is 3.29. The molecule has 0 bridgehead atoms. The number of amides is 1. The van der Waals surface area contributed by atoms with E-state index in [9.17, 15) is 13.2 Å². The summed E-state index contributed by atoms with van der Waals surface area (Å²) < 4.78 is 38.9. The topological polar surface area (TPSA) is 84.9 Å². The number of ether oxygens (including phenoxy) is 2. The number of methoxy groups -OCH3 is 1. The van der Waals surface area contributed by atoms with Gasteiger partial charge in [0, 0.05) is 25.2 Å². The zero-order chi connectivity index (χ0) is 22.4. The second kappa shape index (κ2) is 10.3. The molecule has 1 aliphatic heterocycles. The van der Waals surface area contributed by atoms with Gasteiger partial charge >= 0.3 is 0 Å². The second-order valence-electron chi connectivity index (χ2n) is 7.56. The van der Waals surface area contributed by atoms with Crippen LogP contribution in [0.4, 0.5) is 0 Å². The van der Waals surface area contributed by atoms with Gasteiger partial charge in [-0.15, -0.1) is 11.3 Å². The molecular weight excluding hydrogens is 436 g/mol. The predicted octanol–water partition coefficient (Wildman–Crippen LogP) is 3.53. The summed E-state index contributed by atoms with van der Waals surface area (Å²) in [6.07, 6.45) is 4.48. The lowest BCUT2D eigenvalue weighted by Gasteiger charge is -2.31. The zero-order valence-corrected chi connectivity index (χ0v) is 19.5. The van der Waals surface area contributed by atoms with Gasteiger partial charge in [-0.05, 0) is 61.9 Å². The summed E-state index contributed by atoms with van der Waals surface area (Å²) >= 11 is 1.19. The van der Waals surface area contributed by atoms with Crippen molar-refractivity contribution in [2.24, 2.45) is 0 Å². The Kier molecular flexibility index (Phi) is 7.74. The van der Waals surface area contributed by atoms with Crippen LogP contribution in [-0.4, -0.2) is 51.6 Å². The van der Waals surface area contributed by atoms with Crippen molar-refractivity contribution in [1.82, 2.24) is 9.62 Å². The van der Waals surface area contributed by atoms with Gasteiger partial charge in [-0.1, -0.05) is 12.1 Å². The Morgan fingerprint density at radius 3 is 2.58 bits per heavy atom. The minimum Gasteiger partial charge on any atom is -0.493 e. The molecule has 1 aromatic heterocycles. The molecule has 0 unspecified atom stereocenters. The number of sulfonamides is 1. The van der Waals surface area contributed by atoms with Gasteiger partial charge in [0.1, 0.15) is 4.21 Å². The number of hydrogen-bond donors (Lipinski definition) is 1. The van der Waals surface area contributed by atoms with Crippen LogP contribution >= 0.6 is 11.3 Å². The summed E-state index contributed by atoms with van der Waals surface area (Å²) in [5.41, 5.74) is 0.833. The standard InChI is InChI=1S/C22H28N2O5S2/c1-16(2)29-19-8-6-17(15-20(19)28-3)7-9-21(25)24-12-10-18(11-13-24)23-31(26,27)22-5-4-14-30-22/h4-9,14-16,18,23H,10-13H2,1-3H3/b9-7+. The van der Waals surface area contributed by atoms with Crippen molar-refractivity contribution < 1.29 is 22.7 Å². The molecule has 168 valence electrons. The Hall–Kier alpha value is -2.36. The Balaban J connectivity index is 1.54. The minimum absolute atomic E-state index is 0.0367. The maximum atomic E-state index is 12.6. The minimum atomic E-state index is -3.49. The molecule has 1 fully saturated rings. The monoisotopic (exact) mass is 464 g/mol. The summed E-state index contributed by atoms with van der Waals surface area (Å²) in [6, 6.07) is 8.66. The van der Waals surface area contributed by atoms with Crippen LogP contribution < -0.4 is 14.2 Å². The molecule has 1 saturated heterocycles. The third-order valence-electron chi connectivity index (χ3n) is 4.86. The summed E-state index contributed by atoms with van der Waals surface area (Å²) in [5, 5.41) is 1.74. The molecule has 3 rings (SSSR count).